The largest absolute Gasteiger partial charge is 0.491 e. The predicted molar refractivity (Wildman–Crippen MR) is 133 cm³/mol. The molecule has 1 amide bonds. The molecule has 0 aliphatic carbocycles. The van der Waals surface area contributed by atoms with E-state index in [0.717, 1.165) is 48.3 Å². The Balaban J connectivity index is 1.20. The lowest BCUT2D eigenvalue weighted by molar-refractivity contribution is 0.0733. The quantitative estimate of drug-likeness (QED) is 0.450. The van der Waals surface area contributed by atoms with Crippen molar-refractivity contribution in [2.45, 2.75) is 26.1 Å². The van der Waals surface area contributed by atoms with Crippen LogP contribution in [0.25, 0.3) is 10.9 Å². The number of pyridine rings is 1. The molecule has 0 saturated heterocycles. The van der Waals surface area contributed by atoms with Gasteiger partial charge in [-0.15, -0.1) is 0 Å². The van der Waals surface area contributed by atoms with Gasteiger partial charge in [0.2, 0.25) is 0 Å². The van der Waals surface area contributed by atoms with Crippen molar-refractivity contribution in [1.82, 2.24) is 14.8 Å². The minimum absolute atomic E-state index is 0.0280. The average Bonchev–Trinajstić information content (AvgIpc) is 3.10. The number of aromatic nitrogens is 1. The van der Waals surface area contributed by atoms with E-state index < -0.39 is 0 Å². The van der Waals surface area contributed by atoms with Gasteiger partial charge in [0.1, 0.15) is 12.4 Å². The summed E-state index contributed by atoms with van der Waals surface area (Å²) in [6.45, 7) is 4.55. The molecular formula is C29H27N3O2. The first-order valence-corrected chi connectivity index (χ1v) is 11.9. The average molecular weight is 450 g/mol. The van der Waals surface area contributed by atoms with Crippen molar-refractivity contribution in [3.05, 3.63) is 107 Å². The number of benzene rings is 3. The third-order valence-electron chi connectivity index (χ3n) is 6.86. The summed E-state index contributed by atoms with van der Waals surface area (Å²) in [5, 5.41) is 0.977. The number of rotatable bonds is 3. The summed E-state index contributed by atoms with van der Waals surface area (Å²) in [5.74, 6) is 0.908. The molecule has 170 valence electrons. The fourth-order valence-corrected chi connectivity index (χ4v) is 5.06. The van der Waals surface area contributed by atoms with Crippen LogP contribution < -0.4 is 4.74 Å². The van der Waals surface area contributed by atoms with Gasteiger partial charge in [-0.25, -0.2) is 0 Å². The van der Waals surface area contributed by atoms with Gasteiger partial charge in [0.15, 0.2) is 0 Å². The normalized spacial score (nSPS) is 15.8. The van der Waals surface area contributed by atoms with Gasteiger partial charge in [0.25, 0.3) is 5.91 Å². The lowest BCUT2D eigenvalue weighted by Gasteiger charge is -2.29. The van der Waals surface area contributed by atoms with E-state index in [9.17, 15) is 4.79 Å². The Morgan fingerprint density at radius 1 is 0.882 bits per heavy atom. The first-order valence-electron chi connectivity index (χ1n) is 11.9. The van der Waals surface area contributed by atoms with Crippen LogP contribution in [0.5, 0.6) is 5.75 Å². The van der Waals surface area contributed by atoms with Crippen LogP contribution >= 0.6 is 0 Å². The zero-order valence-corrected chi connectivity index (χ0v) is 19.1. The Labute approximate surface area is 199 Å². The van der Waals surface area contributed by atoms with Crippen LogP contribution in [0.4, 0.5) is 0 Å². The summed E-state index contributed by atoms with van der Waals surface area (Å²) in [4.78, 5) is 22.1. The minimum atomic E-state index is 0.0280. The van der Waals surface area contributed by atoms with Gasteiger partial charge >= 0.3 is 0 Å². The molecule has 3 heterocycles. The Bertz CT molecular complexity index is 1370. The van der Waals surface area contributed by atoms with Crippen LogP contribution in [0.3, 0.4) is 0 Å². The minimum Gasteiger partial charge on any atom is -0.491 e. The number of hydrogen-bond acceptors (Lipinski definition) is 4. The smallest absolute Gasteiger partial charge is 0.254 e. The first-order chi connectivity index (χ1) is 16.7. The molecule has 0 unspecified atom stereocenters. The fraction of sp³-hybridized carbons (Fsp3) is 0.241. The maximum atomic E-state index is 13.4. The summed E-state index contributed by atoms with van der Waals surface area (Å²) >= 11 is 0. The molecule has 1 aromatic heterocycles. The molecule has 0 N–H and O–H groups in total. The summed E-state index contributed by atoms with van der Waals surface area (Å²) in [5.41, 5.74) is 6.80. The molecule has 0 bridgehead atoms. The van der Waals surface area contributed by atoms with Gasteiger partial charge < -0.3 is 9.64 Å². The molecule has 4 aromatic rings. The highest BCUT2D eigenvalue weighted by atomic mass is 16.5. The molecule has 34 heavy (non-hydrogen) atoms. The van der Waals surface area contributed by atoms with Gasteiger partial charge in [0.05, 0.1) is 12.1 Å². The van der Waals surface area contributed by atoms with E-state index in [-0.39, 0.29) is 5.91 Å². The van der Waals surface area contributed by atoms with Crippen molar-refractivity contribution in [1.29, 1.82) is 0 Å². The van der Waals surface area contributed by atoms with E-state index in [2.05, 4.69) is 52.3 Å². The number of nitrogens with zero attached hydrogens (tertiary/aromatic N) is 3. The molecule has 0 radical (unpaired) electrons. The SMILES string of the molecule is O=C(c1ccc2ncccc2c1)N1CCOc2ccc(CN3CCc4ccccc4C3)cc2C1. The molecule has 0 atom stereocenters. The maximum Gasteiger partial charge on any atom is 0.254 e. The zero-order chi connectivity index (χ0) is 22.9. The van der Waals surface area contributed by atoms with Crippen molar-refractivity contribution in [2.24, 2.45) is 0 Å². The van der Waals surface area contributed by atoms with E-state index in [1.54, 1.807) is 6.20 Å². The molecule has 2 aliphatic rings. The standard InChI is InChI=1S/C29H27N3O2/c33-29(24-8-9-27-23(17-24)6-3-12-30-27)32-14-15-34-28-10-7-21(16-26(28)20-32)18-31-13-11-22-4-1-2-5-25(22)19-31/h1-10,12,16-17H,11,13-15,18-20H2. The molecule has 6 rings (SSSR count). The topological polar surface area (TPSA) is 45.7 Å². The number of carbonyl (C=O) groups is 1. The predicted octanol–water partition coefficient (Wildman–Crippen LogP) is 4.83. The molecule has 5 nitrogen and oxygen atoms in total. The van der Waals surface area contributed by atoms with E-state index >= 15 is 0 Å². The van der Waals surface area contributed by atoms with Gasteiger partial charge in [0, 0.05) is 48.9 Å². The van der Waals surface area contributed by atoms with Crippen molar-refractivity contribution in [3.63, 3.8) is 0 Å². The Hall–Kier alpha value is -3.70. The van der Waals surface area contributed by atoms with Crippen molar-refractivity contribution >= 4 is 16.8 Å². The fourth-order valence-electron chi connectivity index (χ4n) is 5.06. The van der Waals surface area contributed by atoms with E-state index in [0.29, 0.717) is 25.3 Å². The number of amides is 1. The second-order valence-corrected chi connectivity index (χ2v) is 9.16. The Morgan fingerprint density at radius 3 is 2.74 bits per heavy atom. The number of hydrogen-bond donors (Lipinski definition) is 0. The third kappa shape index (κ3) is 4.15. The number of carbonyl (C=O) groups excluding carboxylic acids is 1. The van der Waals surface area contributed by atoms with Crippen LogP contribution in [0.2, 0.25) is 0 Å². The van der Waals surface area contributed by atoms with Gasteiger partial charge in [-0.3, -0.25) is 14.7 Å². The summed E-state index contributed by atoms with van der Waals surface area (Å²) in [6, 6.07) is 24.8. The van der Waals surface area contributed by atoms with Gasteiger partial charge in [-0.1, -0.05) is 36.4 Å². The molecule has 5 heteroatoms. The van der Waals surface area contributed by atoms with E-state index in [1.165, 1.54) is 16.7 Å². The Kier molecular flexibility index (Phi) is 5.47. The highest BCUT2D eigenvalue weighted by Gasteiger charge is 2.22. The lowest BCUT2D eigenvalue weighted by atomic mass is 9.99. The van der Waals surface area contributed by atoms with Crippen molar-refractivity contribution < 1.29 is 9.53 Å². The van der Waals surface area contributed by atoms with Crippen LogP contribution in [-0.4, -0.2) is 40.4 Å². The van der Waals surface area contributed by atoms with Gasteiger partial charge in [-0.2, -0.15) is 0 Å². The van der Waals surface area contributed by atoms with Crippen molar-refractivity contribution in [2.75, 3.05) is 19.7 Å². The molecular weight excluding hydrogens is 422 g/mol. The first kappa shape index (κ1) is 20.9. The molecule has 2 aliphatic heterocycles. The van der Waals surface area contributed by atoms with Crippen LogP contribution in [-0.2, 0) is 26.1 Å². The van der Waals surface area contributed by atoms with Crippen LogP contribution in [0.15, 0.2) is 79.0 Å². The summed E-state index contributed by atoms with van der Waals surface area (Å²) < 4.78 is 6.01. The highest BCUT2D eigenvalue weighted by Crippen LogP contribution is 2.27. The monoisotopic (exact) mass is 449 g/mol. The Morgan fingerprint density at radius 2 is 1.79 bits per heavy atom. The second-order valence-electron chi connectivity index (χ2n) is 9.16. The van der Waals surface area contributed by atoms with Crippen LogP contribution in [0.1, 0.15) is 32.6 Å². The maximum absolute atomic E-state index is 13.4. The number of fused-ring (bicyclic) bond motifs is 3. The highest BCUT2D eigenvalue weighted by molar-refractivity contribution is 5.98. The van der Waals surface area contributed by atoms with Gasteiger partial charge in [-0.05, 0) is 59.5 Å². The van der Waals surface area contributed by atoms with Crippen molar-refractivity contribution in [3.8, 4) is 5.75 Å². The van der Waals surface area contributed by atoms with Crippen LogP contribution in [0, 0.1) is 0 Å². The third-order valence-corrected chi connectivity index (χ3v) is 6.86. The molecule has 3 aromatic carbocycles. The zero-order valence-electron chi connectivity index (χ0n) is 19.1. The summed E-state index contributed by atoms with van der Waals surface area (Å²) in [6.07, 6.45) is 2.86. The lowest BCUT2D eigenvalue weighted by Crippen LogP contribution is -2.32. The number of ether oxygens (including phenoxy) is 1. The summed E-state index contributed by atoms with van der Waals surface area (Å²) in [7, 11) is 0. The second kappa shape index (κ2) is 8.92. The van der Waals surface area contributed by atoms with E-state index in [4.69, 9.17) is 4.74 Å². The van der Waals surface area contributed by atoms with E-state index in [1.807, 2.05) is 35.2 Å². The molecule has 0 spiro atoms. The molecule has 0 fully saturated rings. The molecule has 0 saturated carbocycles.